The van der Waals surface area contributed by atoms with Crippen LogP contribution in [0.2, 0.25) is 0 Å². The van der Waals surface area contributed by atoms with Gasteiger partial charge in [0.25, 0.3) is 0 Å². The number of quaternary nitrogens is 1. The van der Waals surface area contributed by atoms with E-state index in [1.165, 1.54) is 0 Å². The number of hydrogen-bond acceptors (Lipinski definition) is 6. The Bertz CT molecular complexity index is 234. The summed E-state index contributed by atoms with van der Waals surface area (Å²) in [5.41, 5.74) is 0. The van der Waals surface area contributed by atoms with Gasteiger partial charge in [-0.05, 0) is 6.42 Å². The van der Waals surface area contributed by atoms with Crippen LogP contribution >= 0.6 is 0 Å². The molecule has 0 aromatic carbocycles. The second-order valence-corrected chi connectivity index (χ2v) is 4.51. The first-order chi connectivity index (χ1) is 9.02. The first kappa shape index (κ1) is 18.5. The number of hydroxylamine groups is 5. The van der Waals surface area contributed by atoms with Crippen LogP contribution in [0.3, 0.4) is 0 Å². The molecule has 0 aliphatic carbocycles. The second-order valence-electron chi connectivity index (χ2n) is 4.51. The number of nitrogens with zero attached hydrogens (tertiary/aromatic N) is 2. The zero-order chi connectivity index (χ0) is 14.7. The van der Waals surface area contributed by atoms with Crippen molar-refractivity contribution in [3.05, 3.63) is 23.1 Å². The van der Waals surface area contributed by atoms with Crippen LogP contribution < -0.4 is 0 Å². The van der Waals surface area contributed by atoms with Gasteiger partial charge >= 0.3 is 0 Å². The minimum Gasteiger partial charge on any atom is -0.785 e. The summed E-state index contributed by atoms with van der Waals surface area (Å²) >= 11 is 0. The van der Waals surface area contributed by atoms with Crippen LogP contribution in [0.15, 0.2) is 12.7 Å². The highest BCUT2D eigenvalue weighted by Crippen LogP contribution is 2.13. The summed E-state index contributed by atoms with van der Waals surface area (Å²) in [5, 5.41) is 51.1. The van der Waals surface area contributed by atoms with Gasteiger partial charge in [-0.2, -0.15) is 0 Å². The zero-order valence-corrected chi connectivity index (χ0v) is 11.3. The fourth-order valence-electron chi connectivity index (χ4n) is 1.94. The smallest absolute Gasteiger partial charge is 0.102 e. The van der Waals surface area contributed by atoms with E-state index in [0.29, 0.717) is 12.8 Å². The van der Waals surface area contributed by atoms with Gasteiger partial charge in [-0.15, -0.1) is 6.58 Å². The molecule has 0 aromatic heterocycles. The van der Waals surface area contributed by atoms with Crippen molar-refractivity contribution in [2.24, 2.45) is 0 Å². The number of aliphatic hydroxyl groups is 3. The predicted octanol–water partition coefficient (Wildman–Crippen LogP) is -0.587. The lowest BCUT2D eigenvalue weighted by molar-refractivity contribution is -0.881. The maximum absolute atomic E-state index is 12.2. The molecule has 0 aliphatic rings. The van der Waals surface area contributed by atoms with Gasteiger partial charge in [0.2, 0.25) is 0 Å². The molecular formula is C12H25N2O5-. The molecule has 0 heterocycles. The van der Waals surface area contributed by atoms with Gasteiger partial charge in [0.15, 0.2) is 0 Å². The Morgan fingerprint density at radius 2 is 1.68 bits per heavy atom. The largest absolute Gasteiger partial charge is 0.785 e. The summed E-state index contributed by atoms with van der Waals surface area (Å²) < 4.78 is -0.715. The Kier molecular flexibility index (Phi) is 9.98. The minimum absolute atomic E-state index is 0.000225. The van der Waals surface area contributed by atoms with E-state index in [1.54, 1.807) is 6.08 Å². The van der Waals surface area contributed by atoms with Gasteiger partial charge in [-0.25, -0.2) is 0 Å². The van der Waals surface area contributed by atoms with E-state index in [-0.39, 0.29) is 46.0 Å². The average molecular weight is 277 g/mol. The summed E-state index contributed by atoms with van der Waals surface area (Å²) in [7, 11) is 0. The fourth-order valence-corrected chi connectivity index (χ4v) is 1.94. The molecule has 0 spiro atoms. The molecule has 0 rings (SSSR count). The third-order valence-corrected chi connectivity index (χ3v) is 3.05. The summed E-state index contributed by atoms with van der Waals surface area (Å²) in [6.45, 7) is 2.96. The molecule has 3 N–H and O–H groups in total. The molecule has 19 heavy (non-hydrogen) atoms. The van der Waals surface area contributed by atoms with Crippen molar-refractivity contribution >= 4 is 0 Å². The van der Waals surface area contributed by atoms with Crippen molar-refractivity contribution in [2.75, 3.05) is 46.0 Å². The van der Waals surface area contributed by atoms with Crippen LogP contribution in [0.25, 0.3) is 0 Å². The lowest BCUT2D eigenvalue weighted by Crippen LogP contribution is -2.49. The average Bonchev–Trinajstić information content (AvgIpc) is 2.35. The maximum Gasteiger partial charge on any atom is 0.102 e. The van der Waals surface area contributed by atoms with E-state index in [1.807, 2.05) is 0 Å². The highest BCUT2D eigenvalue weighted by atomic mass is 16.5. The van der Waals surface area contributed by atoms with Crippen molar-refractivity contribution in [3.63, 3.8) is 0 Å². The van der Waals surface area contributed by atoms with Crippen molar-refractivity contribution in [3.8, 4) is 0 Å². The van der Waals surface area contributed by atoms with Crippen LogP contribution in [0.1, 0.15) is 12.8 Å². The Morgan fingerprint density at radius 1 is 1.11 bits per heavy atom. The van der Waals surface area contributed by atoms with Crippen molar-refractivity contribution in [2.45, 2.75) is 18.9 Å². The third kappa shape index (κ3) is 7.58. The topological polar surface area (TPSA) is 110 Å². The minimum atomic E-state index is -0.715. The van der Waals surface area contributed by atoms with Crippen LogP contribution in [0.5, 0.6) is 0 Å². The molecule has 0 aromatic rings. The second kappa shape index (κ2) is 10.3. The van der Waals surface area contributed by atoms with Crippen LogP contribution in [0, 0.1) is 10.4 Å². The Hall–Kier alpha value is -0.540. The monoisotopic (exact) mass is 277 g/mol. The quantitative estimate of drug-likeness (QED) is 0.250. The molecule has 7 heteroatoms. The van der Waals surface area contributed by atoms with Gasteiger partial charge in [0.05, 0.1) is 26.4 Å². The maximum atomic E-state index is 12.2. The molecule has 0 aliphatic heterocycles. The molecule has 0 fully saturated rings. The lowest BCUT2D eigenvalue weighted by Gasteiger charge is -2.44. The van der Waals surface area contributed by atoms with E-state index in [9.17, 15) is 10.4 Å². The number of hydrogen-bond donors (Lipinski definition) is 3. The summed E-state index contributed by atoms with van der Waals surface area (Å²) in [4.78, 5) is 0. The van der Waals surface area contributed by atoms with Crippen LogP contribution in [-0.2, 0) is 0 Å². The van der Waals surface area contributed by atoms with Crippen LogP contribution in [0.4, 0.5) is 0 Å². The normalized spacial score (nSPS) is 13.8. The molecular weight excluding hydrogens is 252 g/mol. The molecule has 1 unspecified atom stereocenters. The predicted molar refractivity (Wildman–Crippen MR) is 72.8 cm³/mol. The first-order valence-electron chi connectivity index (χ1n) is 6.47. The van der Waals surface area contributed by atoms with E-state index in [4.69, 9.17) is 15.3 Å². The third-order valence-electron chi connectivity index (χ3n) is 3.05. The number of rotatable bonds is 12. The Labute approximate surface area is 114 Å². The fraction of sp³-hybridized carbons (Fsp3) is 0.833. The highest BCUT2D eigenvalue weighted by molar-refractivity contribution is 4.81. The van der Waals surface area contributed by atoms with E-state index >= 15 is 0 Å². The summed E-state index contributed by atoms with van der Waals surface area (Å²) in [6.07, 6.45) is 2.37. The molecule has 7 nitrogen and oxygen atoms in total. The van der Waals surface area contributed by atoms with E-state index < -0.39 is 10.7 Å². The molecule has 0 saturated heterocycles. The standard InChI is InChI=1S/C12H25N2O5/c1-2-3-12(13(18)5-9-15)4-6-14(19,7-10-16)8-11-17/h2,12,15-17H,1,3-11H2/q-1. The van der Waals surface area contributed by atoms with Crippen molar-refractivity contribution in [1.82, 2.24) is 5.06 Å². The Morgan fingerprint density at radius 3 is 2.11 bits per heavy atom. The van der Waals surface area contributed by atoms with Gasteiger partial charge in [0.1, 0.15) is 13.1 Å². The number of aliphatic hydroxyl groups excluding tert-OH is 3. The van der Waals surface area contributed by atoms with Gasteiger partial charge in [-0.1, -0.05) is 6.08 Å². The van der Waals surface area contributed by atoms with Gasteiger partial charge < -0.3 is 35.4 Å². The Balaban J connectivity index is 4.44. The lowest BCUT2D eigenvalue weighted by atomic mass is 10.1. The first-order valence-corrected chi connectivity index (χ1v) is 6.47. The zero-order valence-electron chi connectivity index (χ0n) is 11.3. The molecule has 1 atom stereocenters. The van der Waals surface area contributed by atoms with Crippen molar-refractivity contribution < 1.29 is 20.0 Å². The molecule has 0 saturated carbocycles. The highest BCUT2D eigenvalue weighted by Gasteiger charge is 2.19. The summed E-state index contributed by atoms with van der Waals surface area (Å²) in [6, 6.07) is -0.409. The van der Waals surface area contributed by atoms with E-state index in [2.05, 4.69) is 6.58 Å². The van der Waals surface area contributed by atoms with E-state index in [0.717, 1.165) is 5.06 Å². The molecule has 0 amide bonds. The van der Waals surface area contributed by atoms with Gasteiger partial charge in [-0.3, -0.25) is 0 Å². The molecule has 0 radical (unpaired) electrons. The SMILES string of the molecule is C=CCC(CC[N+]([O-])(CCO)CCO)N([O-])CCO. The van der Waals surface area contributed by atoms with Gasteiger partial charge in [0, 0.05) is 19.0 Å². The summed E-state index contributed by atoms with van der Waals surface area (Å²) in [5.74, 6) is 0. The van der Waals surface area contributed by atoms with Crippen LogP contribution in [-0.4, -0.2) is 77.1 Å². The van der Waals surface area contributed by atoms with Crippen molar-refractivity contribution in [1.29, 1.82) is 0 Å². The molecule has 114 valence electrons. The molecule has 0 bridgehead atoms.